The first-order chi connectivity index (χ1) is 18.3. The molecule has 0 aliphatic heterocycles. The topological polar surface area (TPSA) is 0 Å². The molecule has 0 aromatic heterocycles. The van der Waals surface area contributed by atoms with Crippen molar-refractivity contribution in [1.29, 1.82) is 0 Å². The predicted octanol–water partition coefficient (Wildman–Crippen LogP) is 9.76. The summed E-state index contributed by atoms with van der Waals surface area (Å²) in [4.78, 5) is 0. The Morgan fingerprint density at radius 1 is 0.632 bits per heavy atom. The van der Waals surface area contributed by atoms with E-state index in [-0.39, 0.29) is 26.2 Å². The molecule has 4 aromatic carbocycles. The Hall–Kier alpha value is -3.54. The minimum Gasteiger partial charge on any atom is -0.153 e. The third-order valence-electron chi connectivity index (χ3n) is 6.56. The number of rotatable bonds is 5. The minimum absolute atomic E-state index is 0. The summed E-state index contributed by atoms with van der Waals surface area (Å²) in [5.74, 6) is 0. The van der Waals surface area contributed by atoms with Crippen LogP contribution in [0.5, 0.6) is 0 Å². The zero-order chi connectivity index (χ0) is 25.3. The van der Waals surface area contributed by atoms with Crippen molar-refractivity contribution in [3.8, 4) is 11.1 Å². The summed E-state index contributed by atoms with van der Waals surface area (Å²) < 4.78 is 0. The standard InChI is InChI=1S/C21H17.C16H14.Zr/c1-2-6-15-11-12-17(13-15)19-9-5-10-20-18-8-4-3-7-16(18)14-21(19)20;1-3-9-15(10-4-1)13-7-8-14-16-11-5-2-6-12-16;/h3-12H,2,14H2,1H3;1-14H;/q-1;;. The van der Waals surface area contributed by atoms with Gasteiger partial charge in [0.05, 0.1) is 0 Å². The summed E-state index contributed by atoms with van der Waals surface area (Å²) in [6.07, 6.45) is 20.5. The Morgan fingerprint density at radius 3 is 1.87 bits per heavy atom. The van der Waals surface area contributed by atoms with Crippen LogP contribution in [-0.4, -0.2) is 0 Å². The number of hydrogen-bond donors (Lipinski definition) is 0. The minimum atomic E-state index is 0. The first kappa shape index (κ1) is 27.5. The first-order valence-electron chi connectivity index (χ1n) is 13.0. The second kappa shape index (κ2) is 13.8. The van der Waals surface area contributed by atoms with Gasteiger partial charge in [0.1, 0.15) is 0 Å². The van der Waals surface area contributed by atoms with Crippen LogP contribution in [0, 0.1) is 6.08 Å². The maximum atomic E-state index is 3.53. The summed E-state index contributed by atoms with van der Waals surface area (Å²) in [7, 11) is 0. The van der Waals surface area contributed by atoms with Gasteiger partial charge in [0.2, 0.25) is 0 Å². The molecule has 184 valence electrons. The maximum Gasteiger partial charge on any atom is 0 e. The van der Waals surface area contributed by atoms with Crippen LogP contribution in [0.4, 0.5) is 0 Å². The van der Waals surface area contributed by atoms with Gasteiger partial charge in [0, 0.05) is 26.2 Å². The van der Waals surface area contributed by atoms with Gasteiger partial charge in [0.25, 0.3) is 0 Å². The summed E-state index contributed by atoms with van der Waals surface area (Å²) in [5.41, 5.74) is 11.9. The molecule has 0 bridgehead atoms. The van der Waals surface area contributed by atoms with Crippen LogP contribution >= 0.6 is 0 Å². The van der Waals surface area contributed by atoms with Gasteiger partial charge >= 0.3 is 0 Å². The molecule has 0 saturated carbocycles. The quantitative estimate of drug-likeness (QED) is 0.147. The molecule has 0 unspecified atom stereocenters. The van der Waals surface area contributed by atoms with E-state index in [4.69, 9.17) is 0 Å². The Balaban J connectivity index is 0.000000179. The van der Waals surface area contributed by atoms with Crippen LogP contribution in [0.1, 0.15) is 41.2 Å². The van der Waals surface area contributed by atoms with Gasteiger partial charge in [-0.25, -0.2) is 0 Å². The van der Waals surface area contributed by atoms with Crippen molar-refractivity contribution in [3.05, 3.63) is 173 Å². The van der Waals surface area contributed by atoms with Crippen LogP contribution in [0.3, 0.4) is 0 Å². The molecular weight excluding hydrogens is 536 g/mol. The van der Waals surface area contributed by atoms with Gasteiger partial charge in [-0.3, -0.25) is 0 Å². The SMILES string of the molecule is C(C=Cc1ccccc1)=Cc1ccccc1.CCC=C1[C-]=C(c2cccc3c2Cc2ccccc2-3)C=C1.[Zr]. The van der Waals surface area contributed by atoms with E-state index in [1.54, 1.807) is 0 Å². The van der Waals surface area contributed by atoms with Crippen LogP contribution in [-0.2, 0) is 32.6 Å². The third-order valence-corrected chi connectivity index (χ3v) is 6.56. The van der Waals surface area contributed by atoms with Crippen molar-refractivity contribution in [2.75, 3.05) is 0 Å². The van der Waals surface area contributed by atoms with E-state index in [1.165, 1.54) is 50.1 Å². The maximum absolute atomic E-state index is 3.53. The fourth-order valence-corrected chi connectivity index (χ4v) is 4.78. The Morgan fingerprint density at radius 2 is 1.21 bits per heavy atom. The van der Waals surface area contributed by atoms with E-state index in [2.05, 4.69) is 122 Å². The molecule has 0 spiro atoms. The first-order valence-corrected chi connectivity index (χ1v) is 13.0. The average molecular weight is 567 g/mol. The molecule has 0 fully saturated rings. The summed E-state index contributed by atoms with van der Waals surface area (Å²) in [5, 5.41) is 0. The molecular formula is C37H31Zr-. The van der Waals surface area contributed by atoms with Crippen molar-refractivity contribution >= 4 is 17.7 Å². The number of fused-ring (bicyclic) bond motifs is 3. The summed E-state index contributed by atoms with van der Waals surface area (Å²) in [6.45, 7) is 2.16. The summed E-state index contributed by atoms with van der Waals surface area (Å²) >= 11 is 0. The molecule has 0 N–H and O–H groups in total. The van der Waals surface area contributed by atoms with Crippen LogP contribution in [0.15, 0.2) is 139 Å². The van der Waals surface area contributed by atoms with Gasteiger partial charge in [-0.1, -0.05) is 152 Å². The van der Waals surface area contributed by atoms with Gasteiger partial charge in [-0.05, 0) is 34.2 Å². The number of benzene rings is 4. The Kier molecular flexibility index (Phi) is 10.0. The van der Waals surface area contributed by atoms with Gasteiger partial charge in [-0.2, -0.15) is 12.2 Å². The molecule has 4 aromatic rings. The fourth-order valence-electron chi connectivity index (χ4n) is 4.78. The van der Waals surface area contributed by atoms with Gasteiger partial charge < -0.3 is 0 Å². The largest absolute Gasteiger partial charge is 0.153 e. The molecule has 0 nitrogen and oxygen atoms in total. The fraction of sp³-hybridized carbons (Fsp3) is 0.0811. The second-order valence-electron chi connectivity index (χ2n) is 9.14. The van der Waals surface area contributed by atoms with Gasteiger partial charge in [-0.15, -0.1) is 23.3 Å². The molecule has 0 saturated heterocycles. The molecule has 2 aliphatic rings. The van der Waals surface area contributed by atoms with Gasteiger partial charge in [0.15, 0.2) is 0 Å². The normalized spacial score (nSPS) is 14.1. The van der Waals surface area contributed by atoms with E-state index in [0.717, 1.165) is 12.8 Å². The molecule has 0 amide bonds. The molecule has 6 rings (SSSR count). The van der Waals surface area contributed by atoms with Crippen molar-refractivity contribution in [2.24, 2.45) is 0 Å². The molecule has 1 heteroatoms. The zero-order valence-electron chi connectivity index (χ0n) is 21.8. The summed E-state index contributed by atoms with van der Waals surface area (Å²) in [6, 6.07) is 36.0. The Labute approximate surface area is 246 Å². The van der Waals surface area contributed by atoms with E-state index >= 15 is 0 Å². The average Bonchev–Trinajstić information content (AvgIpc) is 3.58. The second-order valence-corrected chi connectivity index (χ2v) is 9.14. The van der Waals surface area contributed by atoms with Crippen LogP contribution in [0.2, 0.25) is 0 Å². The van der Waals surface area contributed by atoms with E-state index in [9.17, 15) is 0 Å². The Bertz CT molecular complexity index is 1450. The van der Waals surface area contributed by atoms with Crippen LogP contribution < -0.4 is 0 Å². The monoisotopic (exact) mass is 565 g/mol. The smallest absolute Gasteiger partial charge is 0 e. The van der Waals surface area contributed by atoms with E-state index in [1.807, 2.05) is 36.4 Å². The number of hydrogen-bond acceptors (Lipinski definition) is 0. The van der Waals surface area contributed by atoms with Crippen molar-refractivity contribution in [1.82, 2.24) is 0 Å². The molecule has 2 aliphatic carbocycles. The number of allylic oxidation sites excluding steroid dienone is 8. The van der Waals surface area contributed by atoms with Crippen molar-refractivity contribution in [2.45, 2.75) is 19.8 Å². The molecule has 0 radical (unpaired) electrons. The van der Waals surface area contributed by atoms with Crippen LogP contribution in [0.25, 0.3) is 28.9 Å². The predicted molar refractivity (Wildman–Crippen MR) is 160 cm³/mol. The van der Waals surface area contributed by atoms with Crippen molar-refractivity contribution < 1.29 is 26.2 Å². The third kappa shape index (κ3) is 6.86. The molecule has 0 heterocycles. The van der Waals surface area contributed by atoms with E-state index in [0.29, 0.717) is 0 Å². The van der Waals surface area contributed by atoms with Crippen molar-refractivity contribution in [3.63, 3.8) is 0 Å². The zero-order valence-corrected chi connectivity index (χ0v) is 24.2. The molecule has 38 heavy (non-hydrogen) atoms. The molecule has 0 atom stereocenters. The van der Waals surface area contributed by atoms with E-state index < -0.39 is 0 Å².